The van der Waals surface area contributed by atoms with Gasteiger partial charge in [0.1, 0.15) is 11.9 Å². The third-order valence-electron chi connectivity index (χ3n) is 7.11. The molecule has 0 radical (unpaired) electrons. The van der Waals surface area contributed by atoms with Crippen LogP contribution in [0.5, 0.6) is 0 Å². The number of nitriles is 1. The molecule has 8 nitrogen and oxygen atoms in total. The van der Waals surface area contributed by atoms with E-state index in [0.29, 0.717) is 0 Å². The van der Waals surface area contributed by atoms with Crippen molar-refractivity contribution in [3.63, 3.8) is 0 Å². The number of benzene rings is 3. The zero-order valence-electron chi connectivity index (χ0n) is 22.7. The molecule has 1 aliphatic rings. The summed E-state index contributed by atoms with van der Waals surface area (Å²) in [6, 6.07) is 14.4. The Labute approximate surface area is 247 Å². The van der Waals surface area contributed by atoms with Gasteiger partial charge < -0.3 is 21.3 Å². The summed E-state index contributed by atoms with van der Waals surface area (Å²) >= 11 is 0. The van der Waals surface area contributed by atoms with Gasteiger partial charge in [0.2, 0.25) is 17.7 Å². The molecule has 3 atom stereocenters. The van der Waals surface area contributed by atoms with Crippen LogP contribution >= 0.6 is 0 Å². The Hall–Kier alpha value is -5.06. The van der Waals surface area contributed by atoms with E-state index in [-0.39, 0.29) is 28.2 Å². The number of nitrogens with zero attached hydrogens (tertiary/aromatic N) is 2. The van der Waals surface area contributed by atoms with Gasteiger partial charge in [-0.25, -0.2) is 13.2 Å². The topological polar surface area (TPSA) is 128 Å². The van der Waals surface area contributed by atoms with Crippen molar-refractivity contribution in [2.24, 2.45) is 11.7 Å². The maximum atomic E-state index is 14.5. The fourth-order valence-corrected chi connectivity index (χ4v) is 5.13. The number of halogens is 6. The minimum Gasteiger partial charge on any atom is -0.369 e. The van der Waals surface area contributed by atoms with Crippen molar-refractivity contribution in [1.82, 2.24) is 5.32 Å². The van der Waals surface area contributed by atoms with Crippen LogP contribution in [0.15, 0.2) is 66.7 Å². The van der Waals surface area contributed by atoms with E-state index in [9.17, 15) is 46.0 Å². The first-order valence-electron chi connectivity index (χ1n) is 13.2. The van der Waals surface area contributed by atoms with Gasteiger partial charge in [-0.15, -0.1) is 0 Å². The lowest BCUT2D eigenvalue weighted by Crippen LogP contribution is -2.51. The Morgan fingerprint density at radius 1 is 1.09 bits per heavy atom. The van der Waals surface area contributed by atoms with Gasteiger partial charge in [-0.2, -0.15) is 18.4 Å². The van der Waals surface area contributed by atoms with Crippen molar-refractivity contribution in [2.45, 2.75) is 37.4 Å². The first-order chi connectivity index (χ1) is 20.8. The Kier molecular flexibility index (Phi) is 9.46. The van der Waals surface area contributed by atoms with E-state index in [2.05, 4.69) is 10.6 Å². The molecule has 0 saturated heterocycles. The first kappa shape index (κ1) is 31.9. The molecule has 1 aliphatic heterocycles. The number of rotatable bonds is 9. The van der Waals surface area contributed by atoms with Gasteiger partial charge in [0.25, 0.3) is 6.43 Å². The number of para-hydroxylation sites is 1. The van der Waals surface area contributed by atoms with Gasteiger partial charge in [0.15, 0.2) is 0 Å². The molecule has 4 N–H and O–H groups in total. The first-order valence-corrected chi connectivity index (χ1v) is 13.2. The van der Waals surface area contributed by atoms with Gasteiger partial charge in [-0.1, -0.05) is 42.5 Å². The lowest BCUT2D eigenvalue weighted by molar-refractivity contribution is -0.144. The summed E-state index contributed by atoms with van der Waals surface area (Å²) < 4.78 is 82.2. The normalized spacial score (nSPS) is 16.3. The smallest absolute Gasteiger partial charge is 0.369 e. The Balaban J connectivity index is 1.77. The largest absolute Gasteiger partial charge is 0.389 e. The standard InChI is InChI=1S/C30H25F6N5O3/c31-18-11-16(14-37)12-19(13-18)41-15-22(29(44)40-25-21(26(32)33)7-4-8-23(25)41)39-28(43)20(9-10-30(34,35)36)24(27(38)42)17-5-2-1-3-6-17/h1-8,11-13,20,22,24,26H,9-10,15H2,(H2,38,42)(H,39,43)(H,40,44)/t20-,22+,24+/m1/s1. The van der Waals surface area contributed by atoms with Crippen LogP contribution in [0.2, 0.25) is 0 Å². The number of hydrogen-bond donors (Lipinski definition) is 3. The molecule has 14 heteroatoms. The molecular formula is C30H25F6N5O3. The van der Waals surface area contributed by atoms with Gasteiger partial charge in [0.05, 0.1) is 41.4 Å². The second-order valence-electron chi connectivity index (χ2n) is 10.1. The van der Waals surface area contributed by atoms with Crippen LogP contribution in [0.3, 0.4) is 0 Å². The fraction of sp³-hybridized carbons (Fsp3) is 0.267. The summed E-state index contributed by atoms with van der Waals surface area (Å²) in [6.45, 7) is -0.510. The van der Waals surface area contributed by atoms with Crippen LogP contribution in [-0.4, -0.2) is 36.5 Å². The van der Waals surface area contributed by atoms with E-state index in [1.54, 1.807) is 12.1 Å². The number of anilines is 3. The number of amides is 3. The van der Waals surface area contributed by atoms with Crippen molar-refractivity contribution in [1.29, 1.82) is 5.26 Å². The Bertz CT molecular complexity index is 1590. The molecule has 0 unspecified atom stereocenters. The number of nitrogens with one attached hydrogen (secondary N) is 2. The number of primary amides is 1. The minimum absolute atomic E-state index is 0.0182. The lowest BCUT2D eigenvalue weighted by atomic mass is 9.81. The monoisotopic (exact) mass is 617 g/mol. The summed E-state index contributed by atoms with van der Waals surface area (Å²) in [6.07, 6.45) is -10.1. The van der Waals surface area contributed by atoms with Crippen LogP contribution in [0.25, 0.3) is 0 Å². The molecule has 44 heavy (non-hydrogen) atoms. The number of nitrogens with two attached hydrogens (primary N) is 1. The summed E-state index contributed by atoms with van der Waals surface area (Å²) in [7, 11) is 0. The molecule has 0 fully saturated rings. The fourth-order valence-electron chi connectivity index (χ4n) is 5.13. The average molecular weight is 618 g/mol. The molecule has 0 spiro atoms. The highest BCUT2D eigenvalue weighted by Crippen LogP contribution is 2.41. The molecule has 0 saturated carbocycles. The summed E-state index contributed by atoms with van der Waals surface area (Å²) in [5.74, 6) is -7.25. The average Bonchev–Trinajstić information content (AvgIpc) is 3.10. The highest BCUT2D eigenvalue weighted by molar-refractivity contribution is 6.04. The van der Waals surface area contributed by atoms with E-state index < -0.39 is 79.0 Å². The van der Waals surface area contributed by atoms with Gasteiger partial charge in [-0.3, -0.25) is 14.4 Å². The summed E-state index contributed by atoms with van der Waals surface area (Å²) in [5, 5.41) is 14.1. The summed E-state index contributed by atoms with van der Waals surface area (Å²) in [4.78, 5) is 40.7. The zero-order valence-corrected chi connectivity index (χ0v) is 22.7. The number of carbonyl (C=O) groups is 3. The molecule has 3 aromatic rings. The second kappa shape index (κ2) is 13.1. The molecule has 3 amide bonds. The maximum Gasteiger partial charge on any atom is 0.389 e. The van der Waals surface area contributed by atoms with Crippen LogP contribution in [-0.2, 0) is 14.4 Å². The predicted octanol–water partition coefficient (Wildman–Crippen LogP) is 5.44. The van der Waals surface area contributed by atoms with Crippen molar-refractivity contribution < 1.29 is 40.7 Å². The molecule has 230 valence electrons. The summed E-state index contributed by atoms with van der Waals surface area (Å²) in [5.41, 5.74) is 4.61. The Morgan fingerprint density at radius 3 is 2.41 bits per heavy atom. The predicted molar refractivity (Wildman–Crippen MR) is 147 cm³/mol. The lowest BCUT2D eigenvalue weighted by Gasteiger charge is -2.30. The minimum atomic E-state index is -4.70. The number of alkyl halides is 5. The van der Waals surface area contributed by atoms with Crippen molar-refractivity contribution >= 4 is 34.8 Å². The van der Waals surface area contributed by atoms with Gasteiger partial charge in [-0.05, 0) is 36.2 Å². The highest BCUT2D eigenvalue weighted by atomic mass is 19.4. The molecule has 1 heterocycles. The molecule has 4 rings (SSSR count). The number of fused-ring (bicyclic) bond motifs is 1. The quantitative estimate of drug-likeness (QED) is 0.276. The van der Waals surface area contributed by atoms with Crippen LogP contribution < -0.4 is 21.3 Å². The molecule has 0 aromatic heterocycles. The van der Waals surface area contributed by atoms with E-state index in [1.165, 1.54) is 47.4 Å². The van der Waals surface area contributed by atoms with Gasteiger partial charge >= 0.3 is 6.18 Å². The highest BCUT2D eigenvalue weighted by Gasteiger charge is 2.40. The van der Waals surface area contributed by atoms with Crippen molar-refractivity contribution in [3.05, 3.63) is 89.2 Å². The van der Waals surface area contributed by atoms with Crippen LogP contribution in [0, 0.1) is 23.1 Å². The SMILES string of the molecule is N#Cc1cc(F)cc(N2C[C@H](NC(=O)[C@H](CCC(F)(F)F)[C@@H](C(N)=O)c3ccccc3)C(=O)Nc3c(C(F)F)cccc32)c1. The molecular weight excluding hydrogens is 592 g/mol. The number of carbonyl (C=O) groups excluding carboxylic acids is 3. The molecule has 3 aromatic carbocycles. The van der Waals surface area contributed by atoms with Crippen LogP contribution in [0.4, 0.5) is 43.4 Å². The number of hydrogen-bond acceptors (Lipinski definition) is 5. The zero-order chi connectivity index (χ0) is 32.2. The third-order valence-corrected chi connectivity index (χ3v) is 7.11. The van der Waals surface area contributed by atoms with E-state index in [4.69, 9.17) is 5.73 Å². The van der Waals surface area contributed by atoms with Crippen molar-refractivity contribution in [2.75, 3.05) is 16.8 Å². The van der Waals surface area contributed by atoms with E-state index >= 15 is 0 Å². The van der Waals surface area contributed by atoms with E-state index in [0.717, 1.165) is 18.2 Å². The van der Waals surface area contributed by atoms with Gasteiger partial charge in [0, 0.05) is 17.7 Å². The maximum absolute atomic E-state index is 14.5. The molecule has 0 bridgehead atoms. The second-order valence-corrected chi connectivity index (χ2v) is 10.1. The Morgan fingerprint density at radius 2 is 1.80 bits per heavy atom. The van der Waals surface area contributed by atoms with Crippen LogP contribution in [0.1, 0.15) is 41.9 Å². The molecule has 0 aliphatic carbocycles. The third kappa shape index (κ3) is 7.28. The van der Waals surface area contributed by atoms with Crippen molar-refractivity contribution in [3.8, 4) is 6.07 Å². The van der Waals surface area contributed by atoms with E-state index in [1.807, 2.05) is 0 Å².